The number of aliphatic carboxylic acids is 1. The van der Waals surface area contributed by atoms with Crippen LogP contribution in [-0.4, -0.2) is 17.6 Å². The third-order valence-electron chi connectivity index (χ3n) is 2.45. The van der Waals surface area contributed by atoms with Crippen molar-refractivity contribution in [1.29, 1.82) is 0 Å². The van der Waals surface area contributed by atoms with E-state index in [0.29, 0.717) is 12.1 Å². The lowest BCUT2D eigenvalue weighted by Gasteiger charge is -2.26. The smallest absolute Gasteiger partial charge is 0.328 e. The van der Waals surface area contributed by atoms with Crippen molar-refractivity contribution in [3.8, 4) is 0 Å². The molecule has 0 aliphatic rings. The van der Waals surface area contributed by atoms with E-state index in [0.717, 1.165) is 4.47 Å². The fraction of sp³-hybridized carbons (Fsp3) is 0.250. The monoisotopic (exact) mass is 283 g/mol. The molecule has 1 aromatic rings. The van der Waals surface area contributed by atoms with E-state index >= 15 is 0 Å². The van der Waals surface area contributed by atoms with Gasteiger partial charge in [0.1, 0.15) is 5.54 Å². The van der Waals surface area contributed by atoms with Crippen LogP contribution in [0.15, 0.2) is 41.4 Å². The first-order valence-electron chi connectivity index (χ1n) is 4.86. The lowest BCUT2D eigenvalue weighted by Crippen LogP contribution is -2.46. The van der Waals surface area contributed by atoms with Crippen molar-refractivity contribution in [2.24, 2.45) is 0 Å². The Balaban J connectivity index is 3.05. The third-order valence-corrected chi connectivity index (χ3v) is 2.98. The molecule has 4 heteroatoms. The van der Waals surface area contributed by atoms with Gasteiger partial charge in [-0.15, -0.1) is 6.58 Å². The van der Waals surface area contributed by atoms with Crippen LogP contribution in [0.1, 0.15) is 12.5 Å². The minimum atomic E-state index is -1.09. The Kier molecular flexibility index (Phi) is 4.26. The first-order valence-corrected chi connectivity index (χ1v) is 5.65. The van der Waals surface area contributed by atoms with Gasteiger partial charge in [-0.2, -0.15) is 0 Å². The van der Waals surface area contributed by atoms with Crippen LogP contribution in [-0.2, 0) is 10.3 Å². The number of nitrogens with one attached hydrogen (secondary N) is 1. The normalized spacial score (nSPS) is 14.1. The number of carboxylic acid groups (broad SMARTS) is 1. The van der Waals surface area contributed by atoms with E-state index in [9.17, 15) is 9.90 Å². The molecule has 16 heavy (non-hydrogen) atoms. The number of carboxylic acids is 1. The molecular weight excluding hydrogens is 270 g/mol. The predicted molar refractivity (Wildman–Crippen MR) is 67.3 cm³/mol. The molecule has 0 amide bonds. The molecule has 0 aliphatic heterocycles. The Hall–Kier alpha value is -1.13. The van der Waals surface area contributed by atoms with Crippen molar-refractivity contribution >= 4 is 21.9 Å². The fourth-order valence-corrected chi connectivity index (χ4v) is 1.62. The molecule has 1 unspecified atom stereocenters. The molecule has 0 aromatic heterocycles. The number of benzene rings is 1. The molecule has 0 saturated carbocycles. The average Bonchev–Trinajstić information content (AvgIpc) is 2.26. The van der Waals surface area contributed by atoms with Gasteiger partial charge in [0, 0.05) is 11.0 Å². The zero-order valence-corrected chi connectivity index (χ0v) is 10.6. The highest BCUT2D eigenvalue weighted by Gasteiger charge is 2.33. The summed E-state index contributed by atoms with van der Waals surface area (Å²) >= 11 is 3.32. The quantitative estimate of drug-likeness (QED) is 0.817. The van der Waals surface area contributed by atoms with Gasteiger partial charge in [0.2, 0.25) is 0 Å². The van der Waals surface area contributed by atoms with Crippen molar-refractivity contribution in [1.82, 2.24) is 5.32 Å². The summed E-state index contributed by atoms with van der Waals surface area (Å²) in [6.45, 7) is 5.65. The first-order chi connectivity index (χ1) is 7.50. The molecular formula is C12H14BrNO2. The van der Waals surface area contributed by atoms with Crippen LogP contribution < -0.4 is 5.32 Å². The summed E-state index contributed by atoms with van der Waals surface area (Å²) in [6, 6.07) is 7.22. The molecule has 0 fully saturated rings. The molecule has 0 radical (unpaired) electrons. The van der Waals surface area contributed by atoms with Crippen molar-refractivity contribution in [2.75, 3.05) is 6.54 Å². The van der Waals surface area contributed by atoms with E-state index < -0.39 is 11.5 Å². The van der Waals surface area contributed by atoms with Gasteiger partial charge in [-0.3, -0.25) is 5.32 Å². The zero-order chi connectivity index (χ0) is 12.2. The van der Waals surface area contributed by atoms with E-state index in [4.69, 9.17) is 0 Å². The Morgan fingerprint density at radius 2 is 2.12 bits per heavy atom. The Morgan fingerprint density at radius 3 is 2.56 bits per heavy atom. The second kappa shape index (κ2) is 5.27. The highest BCUT2D eigenvalue weighted by Crippen LogP contribution is 2.23. The van der Waals surface area contributed by atoms with E-state index in [1.54, 1.807) is 25.1 Å². The molecule has 1 aromatic carbocycles. The van der Waals surface area contributed by atoms with Crippen LogP contribution in [0.3, 0.4) is 0 Å². The van der Waals surface area contributed by atoms with E-state index in [-0.39, 0.29) is 0 Å². The summed E-state index contributed by atoms with van der Waals surface area (Å²) in [6.07, 6.45) is 1.64. The molecule has 0 saturated heterocycles. The summed E-state index contributed by atoms with van der Waals surface area (Å²) in [5.74, 6) is -0.906. The van der Waals surface area contributed by atoms with E-state index in [2.05, 4.69) is 27.8 Å². The van der Waals surface area contributed by atoms with Gasteiger partial charge in [-0.1, -0.05) is 34.1 Å². The minimum absolute atomic E-state index is 0.443. The molecule has 1 rings (SSSR count). The van der Waals surface area contributed by atoms with Gasteiger partial charge in [0.25, 0.3) is 0 Å². The van der Waals surface area contributed by atoms with Crippen molar-refractivity contribution in [3.63, 3.8) is 0 Å². The lowest BCUT2D eigenvalue weighted by atomic mass is 9.92. The number of hydrogen-bond acceptors (Lipinski definition) is 2. The Bertz CT molecular complexity index is 389. The molecule has 1 atom stereocenters. The number of hydrogen-bond donors (Lipinski definition) is 2. The summed E-state index contributed by atoms with van der Waals surface area (Å²) in [5, 5.41) is 12.2. The second-order valence-corrected chi connectivity index (χ2v) is 4.52. The predicted octanol–water partition coefficient (Wildman–Crippen LogP) is 2.52. The first kappa shape index (κ1) is 12.9. The lowest BCUT2D eigenvalue weighted by molar-refractivity contribution is -0.144. The molecule has 0 spiro atoms. The van der Waals surface area contributed by atoms with Crippen LogP contribution in [0, 0.1) is 0 Å². The Morgan fingerprint density at radius 1 is 1.56 bits per heavy atom. The van der Waals surface area contributed by atoms with Crippen LogP contribution in [0.25, 0.3) is 0 Å². The molecule has 3 nitrogen and oxygen atoms in total. The zero-order valence-electron chi connectivity index (χ0n) is 9.03. The molecule has 0 heterocycles. The summed E-state index contributed by atoms with van der Waals surface area (Å²) < 4.78 is 0.924. The topological polar surface area (TPSA) is 49.3 Å². The van der Waals surface area contributed by atoms with Gasteiger partial charge in [0.15, 0.2) is 0 Å². The number of halogens is 1. The SMILES string of the molecule is C=CCNC(C)(C(=O)O)c1ccc(Br)cc1. The molecule has 0 aliphatic carbocycles. The minimum Gasteiger partial charge on any atom is -0.480 e. The maximum Gasteiger partial charge on any atom is 0.328 e. The van der Waals surface area contributed by atoms with E-state index in [1.165, 1.54) is 0 Å². The van der Waals surface area contributed by atoms with Gasteiger partial charge in [-0.05, 0) is 24.6 Å². The van der Waals surface area contributed by atoms with Crippen LogP contribution in [0.2, 0.25) is 0 Å². The van der Waals surface area contributed by atoms with E-state index in [1.807, 2.05) is 12.1 Å². The number of rotatable bonds is 5. The third kappa shape index (κ3) is 2.71. The van der Waals surface area contributed by atoms with Gasteiger partial charge >= 0.3 is 5.97 Å². The highest BCUT2D eigenvalue weighted by atomic mass is 79.9. The number of carbonyl (C=O) groups is 1. The maximum absolute atomic E-state index is 11.3. The summed E-state index contributed by atoms with van der Waals surface area (Å²) in [7, 11) is 0. The maximum atomic E-state index is 11.3. The van der Waals surface area contributed by atoms with Crippen molar-refractivity contribution in [2.45, 2.75) is 12.5 Å². The van der Waals surface area contributed by atoms with Crippen LogP contribution in [0.5, 0.6) is 0 Å². The average molecular weight is 284 g/mol. The van der Waals surface area contributed by atoms with Crippen molar-refractivity contribution < 1.29 is 9.90 Å². The van der Waals surface area contributed by atoms with Gasteiger partial charge < -0.3 is 5.11 Å². The largest absolute Gasteiger partial charge is 0.480 e. The Labute approximate surface area is 103 Å². The van der Waals surface area contributed by atoms with Crippen molar-refractivity contribution in [3.05, 3.63) is 47.0 Å². The summed E-state index contributed by atoms with van der Waals surface area (Å²) in [5.41, 5.74) is -0.375. The van der Waals surface area contributed by atoms with Gasteiger partial charge in [-0.25, -0.2) is 4.79 Å². The standard InChI is InChI=1S/C12H14BrNO2/c1-3-8-14-12(2,11(15)16)9-4-6-10(13)7-5-9/h3-7,14H,1,8H2,2H3,(H,15,16). The van der Waals surface area contributed by atoms with Crippen LogP contribution >= 0.6 is 15.9 Å². The molecule has 86 valence electrons. The van der Waals surface area contributed by atoms with Gasteiger partial charge in [0.05, 0.1) is 0 Å². The summed E-state index contributed by atoms with van der Waals surface area (Å²) in [4.78, 5) is 11.3. The fourth-order valence-electron chi connectivity index (χ4n) is 1.36. The highest BCUT2D eigenvalue weighted by molar-refractivity contribution is 9.10. The second-order valence-electron chi connectivity index (χ2n) is 3.61. The van der Waals surface area contributed by atoms with Crippen LogP contribution in [0.4, 0.5) is 0 Å². The molecule has 0 bridgehead atoms. The molecule has 2 N–H and O–H groups in total.